The third-order valence-corrected chi connectivity index (χ3v) is 6.13. The van der Waals surface area contributed by atoms with Gasteiger partial charge in [0.15, 0.2) is 0 Å². The molecule has 0 radical (unpaired) electrons. The van der Waals surface area contributed by atoms with Gasteiger partial charge in [-0.05, 0) is 66.4 Å². The largest absolute Gasteiger partial charge is 0.497 e. The third kappa shape index (κ3) is 6.87. The summed E-state index contributed by atoms with van der Waals surface area (Å²) in [6.45, 7) is 6.46. The van der Waals surface area contributed by atoms with Gasteiger partial charge in [0, 0.05) is 44.0 Å². The van der Waals surface area contributed by atoms with Gasteiger partial charge in [-0.3, -0.25) is 9.59 Å². The molecule has 6 nitrogen and oxygen atoms in total. The molecule has 6 heteroatoms. The van der Waals surface area contributed by atoms with E-state index in [-0.39, 0.29) is 23.8 Å². The van der Waals surface area contributed by atoms with Crippen molar-refractivity contribution in [2.24, 2.45) is 5.92 Å². The number of ether oxygens (including phenoxy) is 1. The molecule has 0 bridgehead atoms. The molecule has 0 aromatic heterocycles. The predicted octanol–water partition coefficient (Wildman–Crippen LogP) is 6.15. The summed E-state index contributed by atoms with van der Waals surface area (Å²) in [5.74, 6) is 0.883. The lowest BCUT2D eigenvalue weighted by atomic mass is 10.0. The molecule has 0 aliphatic rings. The van der Waals surface area contributed by atoms with Crippen LogP contribution in [0.1, 0.15) is 54.7 Å². The number of methoxy groups -OCH3 is 1. The van der Waals surface area contributed by atoms with E-state index in [1.807, 2.05) is 93.2 Å². The molecule has 0 aliphatic carbocycles. The van der Waals surface area contributed by atoms with E-state index in [1.165, 1.54) is 0 Å². The molecule has 1 atom stereocenters. The Hall–Kier alpha value is -3.80. The number of anilines is 2. The summed E-state index contributed by atoms with van der Waals surface area (Å²) in [5, 5.41) is 3.01. The van der Waals surface area contributed by atoms with Crippen LogP contribution in [-0.4, -0.2) is 37.9 Å². The van der Waals surface area contributed by atoms with Crippen molar-refractivity contribution in [2.75, 3.05) is 31.4 Å². The third-order valence-electron chi connectivity index (χ3n) is 6.13. The van der Waals surface area contributed by atoms with Crippen molar-refractivity contribution in [2.45, 2.75) is 39.8 Å². The first-order chi connectivity index (χ1) is 17.2. The molecule has 36 heavy (non-hydrogen) atoms. The zero-order valence-electron chi connectivity index (χ0n) is 22.1. The zero-order valence-corrected chi connectivity index (χ0v) is 22.1. The van der Waals surface area contributed by atoms with Crippen molar-refractivity contribution in [3.63, 3.8) is 0 Å². The Balaban J connectivity index is 2.00. The highest BCUT2D eigenvalue weighted by Gasteiger charge is 2.25. The number of nitrogens with one attached hydrogen (secondary N) is 1. The zero-order chi connectivity index (χ0) is 26.2. The maximum Gasteiger partial charge on any atom is 0.254 e. The number of rotatable bonds is 10. The predicted molar refractivity (Wildman–Crippen MR) is 147 cm³/mol. The van der Waals surface area contributed by atoms with Crippen LogP contribution in [-0.2, 0) is 11.3 Å². The Kier molecular flexibility index (Phi) is 9.12. The number of nitrogens with zero attached hydrogens (tertiary/aromatic N) is 2. The summed E-state index contributed by atoms with van der Waals surface area (Å²) in [7, 11) is 5.56. The lowest BCUT2D eigenvalue weighted by Gasteiger charge is -2.32. The lowest BCUT2D eigenvalue weighted by molar-refractivity contribution is -0.116. The van der Waals surface area contributed by atoms with Crippen LogP contribution in [0.4, 0.5) is 11.4 Å². The normalized spacial score (nSPS) is 11.6. The van der Waals surface area contributed by atoms with Gasteiger partial charge >= 0.3 is 0 Å². The van der Waals surface area contributed by atoms with E-state index in [4.69, 9.17) is 4.74 Å². The number of hydrogen-bond donors (Lipinski definition) is 1. The second-order valence-electron chi connectivity index (χ2n) is 9.63. The minimum absolute atomic E-state index is 0.0163. The van der Waals surface area contributed by atoms with Crippen LogP contribution in [0, 0.1) is 5.92 Å². The molecule has 0 saturated heterocycles. The summed E-state index contributed by atoms with van der Waals surface area (Å²) in [5.41, 5.74) is 4.31. The summed E-state index contributed by atoms with van der Waals surface area (Å²) in [4.78, 5) is 30.1. The molecule has 0 fully saturated rings. The number of amides is 2. The second-order valence-corrected chi connectivity index (χ2v) is 9.63. The first kappa shape index (κ1) is 26.8. The molecule has 190 valence electrons. The van der Waals surface area contributed by atoms with Crippen LogP contribution in [0.2, 0.25) is 0 Å². The van der Waals surface area contributed by atoms with E-state index in [2.05, 4.69) is 5.32 Å². The number of carbonyl (C=O) groups excluding carboxylic acids is 2. The Morgan fingerprint density at radius 3 is 2.17 bits per heavy atom. The summed E-state index contributed by atoms with van der Waals surface area (Å²) in [6, 6.07) is 22.9. The lowest BCUT2D eigenvalue weighted by Crippen LogP contribution is -2.33. The first-order valence-electron chi connectivity index (χ1n) is 12.3. The van der Waals surface area contributed by atoms with Gasteiger partial charge < -0.3 is 19.9 Å². The van der Waals surface area contributed by atoms with Crippen molar-refractivity contribution in [3.8, 4) is 5.75 Å². The van der Waals surface area contributed by atoms with E-state index in [0.717, 1.165) is 22.5 Å². The Morgan fingerprint density at radius 1 is 0.917 bits per heavy atom. The summed E-state index contributed by atoms with van der Waals surface area (Å²) in [6.07, 6.45) is 0.456. The van der Waals surface area contributed by atoms with Gasteiger partial charge in [0.1, 0.15) is 5.75 Å². The molecule has 0 unspecified atom stereocenters. The maximum absolute atomic E-state index is 13.8. The molecule has 0 aliphatic heterocycles. The number of benzene rings is 3. The van der Waals surface area contributed by atoms with Gasteiger partial charge in [0.25, 0.3) is 5.91 Å². The average molecular weight is 488 g/mol. The Bertz CT molecular complexity index is 1160. The quantitative estimate of drug-likeness (QED) is 0.373. The van der Waals surface area contributed by atoms with Gasteiger partial charge in [-0.2, -0.15) is 0 Å². The van der Waals surface area contributed by atoms with Gasteiger partial charge in [0.05, 0.1) is 13.2 Å². The van der Waals surface area contributed by atoms with Crippen LogP contribution in [0.25, 0.3) is 0 Å². The molecule has 0 saturated carbocycles. The highest BCUT2D eigenvalue weighted by molar-refractivity contribution is 5.95. The molecular weight excluding hydrogens is 450 g/mol. The summed E-state index contributed by atoms with van der Waals surface area (Å²) < 4.78 is 5.27. The topological polar surface area (TPSA) is 61.9 Å². The molecule has 0 spiro atoms. The smallest absolute Gasteiger partial charge is 0.254 e. The standard InChI is InChI=1S/C30H37N3O3/c1-21(2)18-29(34)31-26-14-17-28(32(4)5)25(19-26)20-33(22(3)23-10-8-7-9-11-23)30(35)24-12-15-27(36-6)16-13-24/h7-17,19,21-22H,18,20H2,1-6H3,(H,31,34)/t22-/m1/s1. The van der Waals surface area contributed by atoms with Gasteiger partial charge in [-0.25, -0.2) is 0 Å². The monoisotopic (exact) mass is 487 g/mol. The van der Waals surface area contributed by atoms with Crippen molar-refractivity contribution in [1.29, 1.82) is 0 Å². The minimum atomic E-state index is -0.171. The minimum Gasteiger partial charge on any atom is -0.497 e. The van der Waals surface area contributed by atoms with E-state index in [9.17, 15) is 9.59 Å². The van der Waals surface area contributed by atoms with E-state index < -0.39 is 0 Å². The van der Waals surface area contributed by atoms with Gasteiger partial charge in [-0.15, -0.1) is 0 Å². The highest BCUT2D eigenvalue weighted by Crippen LogP contribution is 2.30. The first-order valence-corrected chi connectivity index (χ1v) is 12.3. The maximum atomic E-state index is 13.8. The van der Waals surface area contributed by atoms with Crippen LogP contribution in [0.15, 0.2) is 72.8 Å². The van der Waals surface area contributed by atoms with E-state index in [1.54, 1.807) is 31.4 Å². The molecule has 3 aromatic rings. The van der Waals surface area contributed by atoms with Crippen molar-refractivity contribution in [3.05, 3.63) is 89.5 Å². The van der Waals surface area contributed by atoms with E-state index >= 15 is 0 Å². The van der Waals surface area contributed by atoms with Crippen LogP contribution >= 0.6 is 0 Å². The van der Waals surface area contributed by atoms with Crippen LogP contribution < -0.4 is 15.0 Å². The van der Waals surface area contributed by atoms with Crippen molar-refractivity contribution >= 4 is 23.2 Å². The number of hydrogen-bond acceptors (Lipinski definition) is 4. The SMILES string of the molecule is COc1ccc(C(=O)N(Cc2cc(NC(=O)CC(C)C)ccc2N(C)C)[C@H](C)c2ccccc2)cc1. The molecular formula is C30H37N3O3. The summed E-state index contributed by atoms with van der Waals surface area (Å²) >= 11 is 0. The fourth-order valence-corrected chi connectivity index (χ4v) is 4.19. The molecule has 3 rings (SSSR count). The van der Waals surface area contributed by atoms with Gasteiger partial charge in [0.2, 0.25) is 5.91 Å². The average Bonchev–Trinajstić information content (AvgIpc) is 2.86. The molecule has 1 N–H and O–H groups in total. The van der Waals surface area contributed by atoms with Crippen molar-refractivity contribution in [1.82, 2.24) is 4.90 Å². The van der Waals surface area contributed by atoms with Crippen LogP contribution in [0.3, 0.4) is 0 Å². The van der Waals surface area contributed by atoms with Crippen molar-refractivity contribution < 1.29 is 14.3 Å². The van der Waals surface area contributed by atoms with E-state index in [0.29, 0.717) is 24.3 Å². The highest BCUT2D eigenvalue weighted by atomic mass is 16.5. The molecule has 2 amide bonds. The fourth-order valence-electron chi connectivity index (χ4n) is 4.19. The Morgan fingerprint density at radius 2 is 1.58 bits per heavy atom. The number of carbonyl (C=O) groups is 2. The fraction of sp³-hybridized carbons (Fsp3) is 0.333. The molecule has 3 aromatic carbocycles. The van der Waals surface area contributed by atoms with Gasteiger partial charge in [-0.1, -0.05) is 44.2 Å². The van der Waals surface area contributed by atoms with Crippen LogP contribution in [0.5, 0.6) is 5.75 Å². The molecule has 0 heterocycles. The Labute approximate surface area is 214 Å². The second kappa shape index (κ2) is 12.2.